The van der Waals surface area contributed by atoms with Crippen molar-refractivity contribution in [3.05, 3.63) is 130 Å². The number of aromatic carboxylic acids is 1. The van der Waals surface area contributed by atoms with E-state index in [4.69, 9.17) is 0 Å². The number of carbonyl (C=O) groups is 1. The number of aromatic nitrogens is 1. The number of rotatable bonds is 8. The summed E-state index contributed by atoms with van der Waals surface area (Å²) in [4.78, 5) is 28.2. The lowest BCUT2D eigenvalue weighted by atomic mass is 9.79. The van der Waals surface area contributed by atoms with Crippen LogP contribution in [0.15, 0.2) is 96.3 Å². The molecule has 1 N–H and O–H groups in total. The Hall–Kier alpha value is -4.12. The lowest BCUT2D eigenvalue weighted by Crippen LogP contribution is -2.11. The Bertz CT molecular complexity index is 1320. The number of benzene rings is 3. The first-order chi connectivity index (χ1) is 16.5. The van der Waals surface area contributed by atoms with E-state index in [1.165, 1.54) is 0 Å². The van der Waals surface area contributed by atoms with Crippen LogP contribution in [-0.4, -0.2) is 16.1 Å². The summed E-state index contributed by atoms with van der Waals surface area (Å²) in [6.45, 7) is 3.92. The molecule has 0 radical (unpaired) electrons. The van der Waals surface area contributed by atoms with E-state index in [0.717, 1.165) is 39.1 Å². The minimum absolute atomic E-state index is 0.212. The van der Waals surface area contributed by atoms with Crippen molar-refractivity contribution in [1.29, 1.82) is 0 Å². The molecule has 0 amide bonds. The third kappa shape index (κ3) is 4.94. The third-order valence-corrected chi connectivity index (χ3v) is 6.21. The highest BCUT2D eigenvalue weighted by atomic mass is 16.4. The first-order valence-electron chi connectivity index (χ1n) is 11.2. The molecule has 0 spiro atoms. The molecule has 0 aliphatic rings. The van der Waals surface area contributed by atoms with E-state index >= 15 is 0 Å². The molecule has 34 heavy (non-hydrogen) atoms. The van der Waals surface area contributed by atoms with Gasteiger partial charge in [0.2, 0.25) is 0 Å². The molecule has 0 aliphatic carbocycles. The first-order valence-corrected chi connectivity index (χ1v) is 11.2. The molecule has 170 valence electrons. The lowest BCUT2D eigenvalue weighted by Gasteiger charge is -2.25. The first kappa shape index (κ1) is 23.1. The molecule has 4 aromatic rings. The van der Waals surface area contributed by atoms with E-state index in [9.17, 15) is 14.8 Å². The molecule has 1 heterocycles. The summed E-state index contributed by atoms with van der Waals surface area (Å²) in [5.41, 5.74) is 6.74. The monoisotopic (exact) mass is 450 g/mol. The number of hydrogen-bond donors (Lipinski definition) is 1. The molecule has 0 bridgehead atoms. The van der Waals surface area contributed by atoms with Gasteiger partial charge in [-0.15, -0.1) is 0 Å². The van der Waals surface area contributed by atoms with Gasteiger partial charge in [0, 0.05) is 17.8 Å². The van der Waals surface area contributed by atoms with Gasteiger partial charge >= 0.3 is 5.97 Å². The predicted octanol–water partition coefficient (Wildman–Crippen LogP) is 7.09. The maximum Gasteiger partial charge on any atom is 0.335 e. The Morgan fingerprint density at radius 3 is 2.32 bits per heavy atom. The van der Waals surface area contributed by atoms with E-state index in [1.54, 1.807) is 18.3 Å². The predicted molar refractivity (Wildman–Crippen MR) is 134 cm³/mol. The van der Waals surface area contributed by atoms with Crippen molar-refractivity contribution in [3.8, 4) is 11.1 Å². The summed E-state index contributed by atoms with van der Waals surface area (Å²) in [5.74, 6) is -1.23. The van der Waals surface area contributed by atoms with Crippen LogP contribution in [0.3, 0.4) is 0 Å². The number of carboxylic acids is 1. The van der Waals surface area contributed by atoms with Crippen molar-refractivity contribution in [3.63, 3.8) is 0 Å². The van der Waals surface area contributed by atoms with Gasteiger partial charge in [0.25, 0.3) is 0 Å². The van der Waals surface area contributed by atoms with Crippen LogP contribution in [0, 0.1) is 18.8 Å². The van der Waals surface area contributed by atoms with E-state index < -0.39 is 12.0 Å². The minimum atomic E-state index is -0.987. The van der Waals surface area contributed by atoms with Crippen LogP contribution in [0.1, 0.15) is 56.7 Å². The van der Waals surface area contributed by atoms with E-state index in [0.29, 0.717) is 6.42 Å². The van der Waals surface area contributed by atoms with Gasteiger partial charge < -0.3 is 5.11 Å². The zero-order chi connectivity index (χ0) is 24.1. The fourth-order valence-electron chi connectivity index (χ4n) is 4.50. The van der Waals surface area contributed by atoms with Crippen LogP contribution in [0.2, 0.25) is 0 Å². The summed E-state index contributed by atoms with van der Waals surface area (Å²) >= 11 is 0. The van der Waals surface area contributed by atoms with Gasteiger partial charge in [-0.2, -0.15) is 4.91 Å². The number of hydrogen-bond acceptors (Lipinski definition) is 4. The fraction of sp³-hybridized carbons (Fsp3) is 0.172. The van der Waals surface area contributed by atoms with Crippen LogP contribution in [0.5, 0.6) is 0 Å². The van der Waals surface area contributed by atoms with E-state index in [1.807, 2.05) is 86.6 Å². The standard InChI is InChI=1S/C29H26N2O3/c1-19-8-6-7-11-24(19)27(18-28(31-34)22-14-15-30-20(2)16-22)26-17-23(29(32)33)12-13-25(26)21-9-4-3-5-10-21/h3-17,27-28H,18H2,1-2H3,(H,32,33). The van der Waals surface area contributed by atoms with Crippen molar-refractivity contribution >= 4 is 5.97 Å². The number of carboxylic acid groups (broad SMARTS) is 1. The van der Waals surface area contributed by atoms with Crippen molar-refractivity contribution in [2.24, 2.45) is 5.18 Å². The number of nitrogens with zero attached hydrogens (tertiary/aromatic N) is 2. The molecule has 2 unspecified atom stereocenters. The molecule has 0 saturated heterocycles. The molecule has 0 fully saturated rings. The lowest BCUT2D eigenvalue weighted by molar-refractivity contribution is 0.0696. The van der Waals surface area contributed by atoms with Crippen molar-refractivity contribution in [2.45, 2.75) is 32.2 Å². The average Bonchev–Trinajstić information content (AvgIpc) is 2.85. The average molecular weight is 451 g/mol. The molecule has 4 rings (SSSR count). The van der Waals surface area contributed by atoms with Gasteiger partial charge in [-0.1, -0.05) is 65.8 Å². The largest absolute Gasteiger partial charge is 0.478 e. The van der Waals surface area contributed by atoms with Crippen LogP contribution < -0.4 is 0 Å². The summed E-state index contributed by atoms with van der Waals surface area (Å²) in [6, 6.07) is 26.2. The van der Waals surface area contributed by atoms with Gasteiger partial charge in [-0.25, -0.2) is 4.79 Å². The van der Waals surface area contributed by atoms with Gasteiger partial charge in [0.05, 0.1) is 5.56 Å². The molecule has 0 saturated carbocycles. The molecule has 2 atom stereocenters. The minimum Gasteiger partial charge on any atom is -0.478 e. The normalized spacial score (nSPS) is 12.6. The second-order valence-electron chi connectivity index (χ2n) is 8.47. The fourth-order valence-corrected chi connectivity index (χ4v) is 4.50. The molecular weight excluding hydrogens is 424 g/mol. The smallest absolute Gasteiger partial charge is 0.335 e. The maximum atomic E-state index is 12.1. The highest BCUT2D eigenvalue weighted by Gasteiger charge is 2.26. The Morgan fingerprint density at radius 1 is 0.912 bits per heavy atom. The van der Waals surface area contributed by atoms with Gasteiger partial charge in [-0.3, -0.25) is 4.98 Å². The summed E-state index contributed by atoms with van der Waals surface area (Å²) in [7, 11) is 0. The van der Waals surface area contributed by atoms with Gasteiger partial charge in [0.1, 0.15) is 6.04 Å². The number of pyridine rings is 1. The highest BCUT2D eigenvalue weighted by Crippen LogP contribution is 2.41. The summed E-state index contributed by atoms with van der Waals surface area (Å²) < 4.78 is 0. The summed E-state index contributed by atoms with van der Waals surface area (Å²) in [6.07, 6.45) is 2.09. The molecular formula is C29H26N2O3. The molecule has 5 heteroatoms. The van der Waals surface area contributed by atoms with Crippen molar-refractivity contribution < 1.29 is 9.90 Å². The quantitative estimate of drug-likeness (QED) is 0.291. The van der Waals surface area contributed by atoms with Crippen molar-refractivity contribution in [1.82, 2.24) is 4.98 Å². The van der Waals surface area contributed by atoms with Crippen LogP contribution >= 0.6 is 0 Å². The van der Waals surface area contributed by atoms with E-state index in [2.05, 4.69) is 10.2 Å². The Balaban J connectivity index is 1.92. The Kier molecular flexibility index (Phi) is 6.93. The van der Waals surface area contributed by atoms with Crippen molar-refractivity contribution in [2.75, 3.05) is 0 Å². The topological polar surface area (TPSA) is 79.6 Å². The third-order valence-electron chi connectivity index (χ3n) is 6.21. The van der Waals surface area contributed by atoms with Crippen LogP contribution in [0.25, 0.3) is 11.1 Å². The molecule has 3 aromatic carbocycles. The zero-order valence-corrected chi connectivity index (χ0v) is 19.2. The second kappa shape index (κ2) is 10.2. The molecule has 5 nitrogen and oxygen atoms in total. The Labute approximate surface area is 199 Å². The van der Waals surface area contributed by atoms with E-state index in [-0.39, 0.29) is 11.5 Å². The van der Waals surface area contributed by atoms with Crippen LogP contribution in [0.4, 0.5) is 0 Å². The number of aryl methyl sites for hydroxylation is 2. The zero-order valence-electron chi connectivity index (χ0n) is 19.2. The highest BCUT2D eigenvalue weighted by molar-refractivity contribution is 5.89. The SMILES string of the molecule is Cc1cc(C(CC(c2ccccc2C)c2cc(C(=O)O)ccc2-c2ccccc2)N=O)ccn1. The summed E-state index contributed by atoms with van der Waals surface area (Å²) in [5, 5.41) is 13.2. The Morgan fingerprint density at radius 2 is 1.65 bits per heavy atom. The van der Waals surface area contributed by atoms with Crippen LogP contribution in [-0.2, 0) is 0 Å². The van der Waals surface area contributed by atoms with Gasteiger partial charge in [-0.05, 0) is 77.9 Å². The van der Waals surface area contributed by atoms with Gasteiger partial charge in [0.15, 0.2) is 0 Å². The second-order valence-corrected chi connectivity index (χ2v) is 8.47. The maximum absolute atomic E-state index is 12.1. The molecule has 1 aromatic heterocycles. The molecule has 0 aliphatic heterocycles. The number of nitroso groups, excluding NO2 is 1.